The summed E-state index contributed by atoms with van der Waals surface area (Å²) in [7, 11) is 0. The lowest BCUT2D eigenvalue weighted by Crippen LogP contribution is -2.27. The maximum Gasteiger partial charge on any atom is -0.0326 e. The van der Waals surface area contributed by atoms with Crippen molar-refractivity contribution in [3.8, 4) is 0 Å². The smallest absolute Gasteiger partial charge is 0.0326 e. The van der Waals surface area contributed by atoms with Crippen LogP contribution in [0.5, 0.6) is 0 Å². The maximum absolute atomic E-state index is 2.49. The zero-order valence-corrected chi connectivity index (χ0v) is 14.7. The van der Waals surface area contributed by atoms with E-state index in [0.717, 1.165) is 11.8 Å². The number of hydrogen-bond acceptors (Lipinski definition) is 0. The molecule has 0 aromatic heterocycles. The molecule has 0 heterocycles. The van der Waals surface area contributed by atoms with Gasteiger partial charge in [0.1, 0.15) is 0 Å². The summed E-state index contributed by atoms with van der Waals surface area (Å²) in [6.45, 7) is 14.1. The molecule has 0 heteroatoms. The molecule has 0 atom stereocenters. The summed E-state index contributed by atoms with van der Waals surface area (Å²) in [5.41, 5.74) is 0.607. The molecule has 0 aliphatic heterocycles. The summed E-state index contributed by atoms with van der Waals surface area (Å²) in [5, 5.41) is 0. The van der Waals surface area contributed by atoms with Crippen molar-refractivity contribution in [2.24, 2.45) is 17.3 Å². The van der Waals surface area contributed by atoms with E-state index < -0.39 is 0 Å². The average Bonchev–Trinajstić information content (AvgIpc) is 2.39. The molecular formula is C19H40. The van der Waals surface area contributed by atoms with Gasteiger partial charge < -0.3 is 0 Å². The summed E-state index contributed by atoms with van der Waals surface area (Å²) in [4.78, 5) is 0. The number of rotatable bonds is 6. The van der Waals surface area contributed by atoms with E-state index in [1.165, 1.54) is 64.2 Å². The standard InChI is InChI=1S/C14H28.C5H12/c1-5-6-11-14(3,4)13-9-7-12(2)8-10-13;1-3-5-4-2/h12-13H,5-11H2,1-4H3;3-5H2,1-2H3. The first-order chi connectivity index (χ1) is 8.97. The van der Waals surface area contributed by atoms with Gasteiger partial charge in [0, 0.05) is 0 Å². The fraction of sp³-hybridized carbons (Fsp3) is 1.00. The lowest BCUT2D eigenvalue weighted by atomic mass is 9.67. The van der Waals surface area contributed by atoms with E-state index >= 15 is 0 Å². The normalized spacial score (nSPS) is 23.7. The Morgan fingerprint density at radius 3 is 1.63 bits per heavy atom. The lowest BCUT2D eigenvalue weighted by molar-refractivity contribution is 0.124. The van der Waals surface area contributed by atoms with Gasteiger partial charge in [-0.1, -0.05) is 86.5 Å². The minimum absolute atomic E-state index is 0.607. The van der Waals surface area contributed by atoms with Crippen LogP contribution in [0.25, 0.3) is 0 Å². The van der Waals surface area contributed by atoms with E-state index in [0.29, 0.717) is 5.41 Å². The van der Waals surface area contributed by atoms with Gasteiger partial charge in [-0.25, -0.2) is 0 Å². The molecule has 0 saturated heterocycles. The highest BCUT2D eigenvalue weighted by Gasteiger charge is 2.31. The van der Waals surface area contributed by atoms with Crippen molar-refractivity contribution in [3.05, 3.63) is 0 Å². The molecule has 0 N–H and O–H groups in total. The zero-order valence-electron chi connectivity index (χ0n) is 14.7. The van der Waals surface area contributed by atoms with Crippen molar-refractivity contribution in [3.63, 3.8) is 0 Å². The predicted molar refractivity (Wildman–Crippen MR) is 89.6 cm³/mol. The Kier molecular flexibility index (Phi) is 10.7. The molecule has 0 radical (unpaired) electrons. The molecule has 1 fully saturated rings. The third kappa shape index (κ3) is 8.71. The Morgan fingerprint density at radius 2 is 1.26 bits per heavy atom. The zero-order chi connectivity index (χ0) is 14.7. The van der Waals surface area contributed by atoms with Crippen molar-refractivity contribution in [1.29, 1.82) is 0 Å². The molecule has 1 saturated carbocycles. The van der Waals surface area contributed by atoms with Gasteiger partial charge in [0.15, 0.2) is 0 Å². The van der Waals surface area contributed by atoms with Crippen molar-refractivity contribution in [2.45, 2.75) is 106 Å². The van der Waals surface area contributed by atoms with E-state index in [1.807, 2.05) is 0 Å². The summed E-state index contributed by atoms with van der Waals surface area (Å²) in [6.07, 6.45) is 14.2. The molecule has 0 aromatic carbocycles. The molecule has 0 unspecified atom stereocenters. The predicted octanol–water partition coefficient (Wildman–Crippen LogP) is 7.23. The highest BCUT2D eigenvalue weighted by Crippen LogP contribution is 2.42. The first-order valence-corrected chi connectivity index (χ1v) is 8.97. The van der Waals surface area contributed by atoms with Crippen molar-refractivity contribution >= 4 is 0 Å². The topological polar surface area (TPSA) is 0 Å². The van der Waals surface area contributed by atoms with Crippen LogP contribution < -0.4 is 0 Å². The second-order valence-electron chi connectivity index (χ2n) is 7.40. The van der Waals surface area contributed by atoms with E-state index in [2.05, 4.69) is 41.5 Å². The summed E-state index contributed by atoms with van der Waals surface area (Å²) >= 11 is 0. The van der Waals surface area contributed by atoms with Gasteiger partial charge in [0.05, 0.1) is 0 Å². The van der Waals surface area contributed by atoms with E-state index in [1.54, 1.807) is 0 Å². The van der Waals surface area contributed by atoms with Crippen LogP contribution in [-0.2, 0) is 0 Å². The molecular weight excluding hydrogens is 228 g/mol. The third-order valence-corrected chi connectivity index (χ3v) is 5.00. The van der Waals surface area contributed by atoms with Gasteiger partial charge in [0.25, 0.3) is 0 Å². The van der Waals surface area contributed by atoms with Crippen LogP contribution in [0.15, 0.2) is 0 Å². The first-order valence-electron chi connectivity index (χ1n) is 8.97. The molecule has 1 aliphatic carbocycles. The molecule has 0 amide bonds. The van der Waals surface area contributed by atoms with Crippen molar-refractivity contribution in [1.82, 2.24) is 0 Å². The van der Waals surface area contributed by atoms with Crippen molar-refractivity contribution < 1.29 is 0 Å². The van der Waals surface area contributed by atoms with Crippen LogP contribution in [0.1, 0.15) is 106 Å². The Morgan fingerprint density at radius 1 is 0.789 bits per heavy atom. The fourth-order valence-electron chi connectivity index (χ4n) is 3.23. The Hall–Kier alpha value is 0. The van der Waals surface area contributed by atoms with Crippen molar-refractivity contribution in [2.75, 3.05) is 0 Å². The SMILES string of the molecule is CCCCC.CCCCC(C)(C)C1CCC(C)CC1. The number of hydrogen-bond donors (Lipinski definition) is 0. The van der Waals surface area contributed by atoms with Gasteiger partial charge in [-0.2, -0.15) is 0 Å². The maximum atomic E-state index is 2.49. The van der Waals surface area contributed by atoms with Gasteiger partial charge >= 0.3 is 0 Å². The first kappa shape index (κ1) is 19.0. The van der Waals surface area contributed by atoms with E-state index in [4.69, 9.17) is 0 Å². The second kappa shape index (κ2) is 10.7. The van der Waals surface area contributed by atoms with Gasteiger partial charge in [0.2, 0.25) is 0 Å². The summed E-state index contributed by atoms with van der Waals surface area (Å²) in [5.74, 6) is 2.00. The monoisotopic (exact) mass is 268 g/mol. The molecule has 0 aromatic rings. The van der Waals surface area contributed by atoms with Crippen LogP contribution in [0, 0.1) is 17.3 Å². The summed E-state index contributed by atoms with van der Waals surface area (Å²) in [6, 6.07) is 0. The molecule has 0 bridgehead atoms. The molecule has 1 rings (SSSR count). The quantitative estimate of drug-likeness (QED) is 0.477. The highest BCUT2D eigenvalue weighted by molar-refractivity contribution is 4.82. The Labute approximate surface area is 123 Å². The van der Waals surface area contributed by atoms with Crippen LogP contribution in [0.4, 0.5) is 0 Å². The average molecular weight is 269 g/mol. The summed E-state index contributed by atoms with van der Waals surface area (Å²) < 4.78 is 0. The largest absolute Gasteiger partial charge is 0.0654 e. The fourth-order valence-corrected chi connectivity index (χ4v) is 3.23. The van der Waals surface area contributed by atoms with Crippen LogP contribution in [-0.4, -0.2) is 0 Å². The lowest BCUT2D eigenvalue weighted by Gasteiger charge is -2.39. The number of unbranched alkanes of at least 4 members (excludes halogenated alkanes) is 3. The Balaban J connectivity index is 0.000000555. The van der Waals surface area contributed by atoms with Gasteiger partial charge in [-0.05, 0) is 36.5 Å². The van der Waals surface area contributed by atoms with E-state index in [9.17, 15) is 0 Å². The van der Waals surface area contributed by atoms with E-state index in [-0.39, 0.29) is 0 Å². The second-order valence-corrected chi connectivity index (χ2v) is 7.40. The minimum Gasteiger partial charge on any atom is -0.0654 e. The van der Waals surface area contributed by atoms with Gasteiger partial charge in [-0.15, -0.1) is 0 Å². The molecule has 1 aliphatic rings. The minimum atomic E-state index is 0.607. The molecule has 0 spiro atoms. The molecule has 0 nitrogen and oxygen atoms in total. The third-order valence-electron chi connectivity index (χ3n) is 5.00. The molecule has 19 heavy (non-hydrogen) atoms. The van der Waals surface area contributed by atoms with Gasteiger partial charge in [-0.3, -0.25) is 0 Å². The van der Waals surface area contributed by atoms with Crippen LogP contribution >= 0.6 is 0 Å². The van der Waals surface area contributed by atoms with Crippen LogP contribution in [0.3, 0.4) is 0 Å². The highest BCUT2D eigenvalue weighted by atomic mass is 14.4. The van der Waals surface area contributed by atoms with Crippen LogP contribution in [0.2, 0.25) is 0 Å². The Bertz CT molecular complexity index is 182. The molecule has 116 valence electrons.